The van der Waals surface area contributed by atoms with Gasteiger partial charge in [-0.3, -0.25) is 4.90 Å². The Morgan fingerprint density at radius 3 is 1.83 bits per heavy atom. The van der Waals surface area contributed by atoms with Crippen molar-refractivity contribution in [2.75, 3.05) is 13.2 Å². The van der Waals surface area contributed by atoms with E-state index in [0.717, 1.165) is 5.56 Å². The number of aliphatic hydroxyl groups excluding tert-OH is 4. The molecular formula is C13H19NO4. The highest BCUT2D eigenvalue weighted by Gasteiger charge is 2.46. The molecule has 2 rings (SSSR count). The van der Waals surface area contributed by atoms with Crippen molar-refractivity contribution < 1.29 is 20.4 Å². The lowest BCUT2D eigenvalue weighted by atomic mass is 10.1. The average molecular weight is 253 g/mol. The zero-order chi connectivity index (χ0) is 13.1. The number of hydrogen-bond acceptors (Lipinski definition) is 5. The second kappa shape index (κ2) is 5.77. The lowest BCUT2D eigenvalue weighted by Crippen LogP contribution is -2.42. The number of nitrogens with zero attached hydrogens (tertiary/aromatic N) is 1. The number of hydrogen-bond donors (Lipinski definition) is 4. The first-order valence-electron chi connectivity index (χ1n) is 6.06. The van der Waals surface area contributed by atoms with Gasteiger partial charge in [0.1, 0.15) is 0 Å². The van der Waals surface area contributed by atoms with Gasteiger partial charge in [-0.05, 0) is 5.56 Å². The molecule has 1 aromatic carbocycles. The minimum atomic E-state index is -1.03. The Kier molecular flexibility index (Phi) is 4.31. The highest BCUT2D eigenvalue weighted by molar-refractivity contribution is 5.16. The fraction of sp³-hybridized carbons (Fsp3) is 0.538. The fourth-order valence-corrected chi connectivity index (χ4v) is 2.55. The molecule has 1 aromatic rings. The molecule has 18 heavy (non-hydrogen) atoms. The molecule has 0 radical (unpaired) electrons. The van der Waals surface area contributed by atoms with Gasteiger partial charge in [-0.15, -0.1) is 0 Å². The van der Waals surface area contributed by atoms with Crippen molar-refractivity contribution in [1.82, 2.24) is 4.90 Å². The number of aliphatic hydroxyl groups is 4. The van der Waals surface area contributed by atoms with Gasteiger partial charge in [0, 0.05) is 6.54 Å². The van der Waals surface area contributed by atoms with Crippen molar-refractivity contribution >= 4 is 0 Å². The molecule has 5 heteroatoms. The first kappa shape index (κ1) is 13.5. The maximum atomic E-state index is 9.84. The van der Waals surface area contributed by atoms with Gasteiger partial charge in [0.05, 0.1) is 37.5 Å². The SMILES string of the molecule is OC[C@@H]1[C@@H](O)[C@@H](O)[C@H](CO)N1Cc1ccccc1. The molecule has 0 saturated carbocycles. The quantitative estimate of drug-likeness (QED) is 0.550. The monoisotopic (exact) mass is 253 g/mol. The fourth-order valence-electron chi connectivity index (χ4n) is 2.55. The topological polar surface area (TPSA) is 84.2 Å². The average Bonchev–Trinajstić information content (AvgIpc) is 2.62. The van der Waals surface area contributed by atoms with Crippen LogP contribution in [0.3, 0.4) is 0 Å². The van der Waals surface area contributed by atoms with Crippen LogP contribution in [0.5, 0.6) is 0 Å². The lowest BCUT2D eigenvalue weighted by molar-refractivity contribution is 0.0130. The molecule has 0 bridgehead atoms. The van der Waals surface area contributed by atoms with E-state index in [0.29, 0.717) is 6.54 Å². The van der Waals surface area contributed by atoms with E-state index in [1.165, 1.54) is 0 Å². The standard InChI is InChI=1S/C13H19NO4/c15-7-10-12(17)13(18)11(8-16)14(10)6-9-4-2-1-3-5-9/h1-5,10-13,15-18H,6-8H2/t10-,11+,12-,13+. The first-order valence-corrected chi connectivity index (χ1v) is 6.06. The molecule has 1 heterocycles. The molecule has 100 valence electrons. The van der Waals surface area contributed by atoms with Crippen LogP contribution >= 0.6 is 0 Å². The van der Waals surface area contributed by atoms with Crippen molar-refractivity contribution in [2.24, 2.45) is 0 Å². The van der Waals surface area contributed by atoms with Gasteiger partial charge in [-0.1, -0.05) is 30.3 Å². The predicted molar refractivity (Wildman–Crippen MR) is 65.7 cm³/mol. The normalized spacial score (nSPS) is 32.9. The Bertz CT molecular complexity index is 357. The van der Waals surface area contributed by atoms with E-state index in [9.17, 15) is 20.4 Å². The summed E-state index contributed by atoms with van der Waals surface area (Å²) in [7, 11) is 0. The van der Waals surface area contributed by atoms with Gasteiger partial charge in [-0.25, -0.2) is 0 Å². The largest absolute Gasteiger partial charge is 0.395 e. The van der Waals surface area contributed by atoms with E-state index in [4.69, 9.17) is 0 Å². The Labute approximate surface area is 106 Å². The summed E-state index contributed by atoms with van der Waals surface area (Å²) < 4.78 is 0. The summed E-state index contributed by atoms with van der Waals surface area (Å²) in [6.45, 7) is -0.0193. The van der Waals surface area contributed by atoms with Gasteiger partial charge in [0.15, 0.2) is 0 Å². The van der Waals surface area contributed by atoms with Crippen LogP contribution in [-0.4, -0.2) is 62.8 Å². The second-order valence-electron chi connectivity index (χ2n) is 4.64. The molecule has 0 aliphatic carbocycles. The molecular weight excluding hydrogens is 234 g/mol. The Morgan fingerprint density at radius 2 is 1.39 bits per heavy atom. The Hall–Kier alpha value is -0.980. The third-order valence-corrected chi connectivity index (χ3v) is 3.57. The van der Waals surface area contributed by atoms with Gasteiger partial charge in [-0.2, -0.15) is 0 Å². The molecule has 4 N–H and O–H groups in total. The summed E-state index contributed by atoms with van der Waals surface area (Å²) in [5.74, 6) is 0. The number of rotatable bonds is 4. The van der Waals surface area contributed by atoms with Crippen molar-refractivity contribution in [3.8, 4) is 0 Å². The summed E-state index contributed by atoms with van der Waals surface area (Å²) in [6.07, 6.45) is -2.06. The minimum absolute atomic E-state index is 0.248. The summed E-state index contributed by atoms with van der Waals surface area (Å²) in [6, 6.07) is 8.49. The van der Waals surface area contributed by atoms with Gasteiger partial charge in [0.25, 0.3) is 0 Å². The molecule has 0 unspecified atom stereocenters. The van der Waals surface area contributed by atoms with E-state index in [2.05, 4.69) is 0 Å². The van der Waals surface area contributed by atoms with Crippen LogP contribution in [0.25, 0.3) is 0 Å². The van der Waals surface area contributed by atoms with Crippen LogP contribution in [0.1, 0.15) is 5.56 Å². The van der Waals surface area contributed by atoms with E-state index in [1.54, 1.807) is 4.90 Å². The van der Waals surface area contributed by atoms with Crippen LogP contribution < -0.4 is 0 Å². The van der Waals surface area contributed by atoms with Gasteiger partial charge >= 0.3 is 0 Å². The van der Waals surface area contributed by atoms with Crippen LogP contribution in [0.4, 0.5) is 0 Å². The molecule has 0 spiro atoms. The molecule has 1 aliphatic rings. The highest BCUT2D eigenvalue weighted by Crippen LogP contribution is 2.26. The van der Waals surface area contributed by atoms with E-state index < -0.39 is 24.3 Å². The van der Waals surface area contributed by atoms with Crippen LogP contribution in [0.15, 0.2) is 30.3 Å². The molecule has 4 atom stereocenters. The summed E-state index contributed by atoms with van der Waals surface area (Å²) in [5.41, 5.74) is 1.01. The summed E-state index contributed by atoms with van der Waals surface area (Å²) in [4.78, 5) is 1.75. The summed E-state index contributed by atoms with van der Waals surface area (Å²) >= 11 is 0. The van der Waals surface area contributed by atoms with E-state index >= 15 is 0 Å². The third kappa shape index (κ3) is 2.41. The molecule has 1 aliphatic heterocycles. The van der Waals surface area contributed by atoms with E-state index in [-0.39, 0.29) is 13.2 Å². The Morgan fingerprint density at radius 1 is 0.889 bits per heavy atom. The van der Waals surface area contributed by atoms with Gasteiger partial charge < -0.3 is 20.4 Å². The van der Waals surface area contributed by atoms with E-state index in [1.807, 2.05) is 30.3 Å². The van der Waals surface area contributed by atoms with Crippen LogP contribution in [-0.2, 0) is 6.54 Å². The van der Waals surface area contributed by atoms with Crippen LogP contribution in [0.2, 0.25) is 0 Å². The maximum Gasteiger partial charge on any atom is 0.0992 e. The first-order chi connectivity index (χ1) is 8.69. The lowest BCUT2D eigenvalue weighted by Gasteiger charge is -2.28. The Balaban J connectivity index is 2.18. The predicted octanol–water partition coefficient (Wildman–Crippen LogP) is -1.05. The van der Waals surface area contributed by atoms with Crippen molar-refractivity contribution in [3.05, 3.63) is 35.9 Å². The number of likely N-dealkylation sites (tertiary alicyclic amines) is 1. The van der Waals surface area contributed by atoms with Gasteiger partial charge in [0.2, 0.25) is 0 Å². The van der Waals surface area contributed by atoms with Crippen molar-refractivity contribution in [2.45, 2.75) is 30.8 Å². The number of benzene rings is 1. The molecule has 1 fully saturated rings. The van der Waals surface area contributed by atoms with Crippen molar-refractivity contribution in [1.29, 1.82) is 0 Å². The smallest absolute Gasteiger partial charge is 0.0992 e. The highest BCUT2D eigenvalue weighted by atomic mass is 16.3. The molecule has 0 aromatic heterocycles. The summed E-state index contributed by atoms with van der Waals surface area (Å²) in [5, 5.41) is 38.3. The molecule has 5 nitrogen and oxygen atoms in total. The second-order valence-corrected chi connectivity index (χ2v) is 4.64. The maximum absolute atomic E-state index is 9.84. The molecule has 1 saturated heterocycles. The zero-order valence-corrected chi connectivity index (χ0v) is 10.1. The van der Waals surface area contributed by atoms with Crippen molar-refractivity contribution in [3.63, 3.8) is 0 Å². The minimum Gasteiger partial charge on any atom is -0.395 e. The zero-order valence-electron chi connectivity index (χ0n) is 10.1. The van der Waals surface area contributed by atoms with Crippen LogP contribution in [0, 0.1) is 0 Å². The molecule has 0 amide bonds. The third-order valence-electron chi connectivity index (χ3n) is 3.57.